The van der Waals surface area contributed by atoms with Gasteiger partial charge in [-0.25, -0.2) is 13.1 Å². The zero-order valence-electron chi connectivity index (χ0n) is 10.3. The predicted molar refractivity (Wildman–Crippen MR) is 73.6 cm³/mol. The van der Waals surface area contributed by atoms with E-state index in [9.17, 15) is 8.42 Å². The smallest absolute Gasteiger partial charge is 0.240 e. The van der Waals surface area contributed by atoms with Gasteiger partial charge in [-0.05, 0) is 43.3 Å². The summed E-state index contributed by atoms with van der Waals surface area (Å²) < 4.78 is 32.0. The quantitative estimate of drug-likeness (QED) is 0.923. The van der Waals surface area contributed by atoms with Crippen molar-refractivity contribution < 1.29 is 12.8 Å². The van der Waals surface area contributed by atoms with Gasteiger partial charge in [0.25, 0.3) is 0 Å². The molecular weight excluding hydrogens is 286 g/mol. The number of hydrogen-bond acceptors (Lipinski definition) is 3. The molecule has 1 heterocycles. The van der Waals surface area contributed by atoms with Crippen LogP contribution in [-0.2, 0) is 16.4 Å². The van der Waals surface area contributed by atoms with Crippen LogP contribution in [0, 0.1) is 0 Å². The summed E-state index contributed by atoms with van der Waals surface area (Å²) >= 11 is 5.73. The van der Waals surface area contributed by atoms with Crippen molar-refractivity contribution in [3.63, 3.8) is 0 Å². The highest BCUT2D eigenvalue weighted by atomic mass is 35.5. The molecule has 1 aromatic carbocycles. The van der Waals surface area contributed by atoms with Gasteiger partial charge in [0.15, 0.2) is 0 Å². The van der Waals surface area contributed by atoms with Crippen molar-refractivity contribution in [2.75, 3.05) is 0 Å². The topological polar surface area (TPSA) is 59.3 Å². The lowest BCUT2D eigenvalue weighted by atomic mass is 10.2. The molecule has 0 aliphatic heterocycles. The Bertz CT molecular complexity index is 620. The second-order valence-electron chi connectivity index (χ2n) is 4.26. The van der Waals surface area contributed by atoms with Gasteiger partial charge >= 0.3 is 0 Å². The number of furan rings is 1. The lowest BCUT2D eigenvalue weighted by Gasteiger charge is -2.13. The van der Waals surface area contributed by atoms with E-state index in [1.54, 1.807) is 31.4 Å². The fourth-order valence-corrected chi connectivity index (χ4v) is 3.09. The molecular formula is C13H14ClNO3S. The molecule has 2 aromatic rings. The van der Waals surface area contributed by atoms with Gasteiger partial charge in [-0.3, -0.25) is 0 Å². The van der Waals surface area contributed by atoms with Crippen LogP contribution in [0.3, 0.4) is 0 Å². The van der Waals surface area contributed by atoms with E-state index in [1.165, 1.54) is 12.1 Å². The Hall–Kier alpha value is -1.30. The normalized spacial score (nSPS) is 13.4. The molecule has 0 aliphatic carbocycles. The molecule has 2 rings (SSSR count). The molecule has 4 nitrogen and oxygen atoms in total. The summed E-state index contributed by atoms with van der Waals surface area (Å²) in [7, 11) is -3.53. The predicted octanol–water partition coefficient (Wildman–Crippen LogP) is 2.84. The lowest BCUT2D eigenvalue weighted by molar-refractivity contribution is 0.479. The van der Waals surface area contributed by atoms with Gasteiger partial charge < -0.3 is 4.42 Å². The van der Waals surface area contributed by atoms with Gasteiger partial charge in [0.2, 0.25) is 10.0 Å². The van der Waals surface area contributed by atoms with E-state index in [4.69, 9.17) is 16.0 Å². The number of halogens is 1. The Balaban J connectivity index is 2.06. The Morgan fingerprint density at radius 3 is 2.53 bits per heavy atom. The molecule has 0 spiro atoms. The zero-order valence-corrected chi connectivity index (χ0v) is 11.9. The SMILES string of the molecule is CC(Cc1ccco1)NS(=O)(=O)c1ccc(Cl)cc1. The fraction of sp³-hybridized carbons (Fsp3) is 0.231. The van der Waals surface area contributed by atoms with Crippen LogP contribution in [0.25, 0.3) is 0 Å². The van der Waals surface area contributed by atoms with Crippen molar-refractivity contribution in [1.82, 2.24) is 4.72 Å². The molecule has 1 N–H and O–H groups in total. The Kier molecular flexibility index (Phi) is 4.29. The van der Waals surface area contributed by atoms with Gasteiger partial charge in [0.1, 0.15) is 5.76 Å². The van der Waals surface area contributed by atoms with Crippen LogP contribution in [0.4, 0.5) is 0 Å². The fourth-order valence-electron chi connectivity index (χ4n) is 1.72. The lowest BCUT2D eigenvalue weighted by Crippen LogP contribution is -2.34. The zero-order chi connectivity index (χ0) is 13.9. The molecule has 1 atom stereocenters. The van der Waals surface area contributed by atoms with Crippen molar-refractivity contribution in [2.45, 2.75) is 24.3 Å². The van der Waals surface area contributed by atoms with E-state index < -0.39 is 10.0 Å². The van der Waals surface area contributed by atoms with Crippen LogP contribution >= 0.6 is 11.6 Å². The second-order valence-corrected chi connectivity index (χ2v) is 6.41. The maximum absolute atomic E-state index is 12.1. The molecule has 0 bridgehead atoms. The van der Waals surface area contributed by atoms with Crippen molar-refractivity contribution >= 4 is 21.6 Å². The Labute approximate surface area is 117 Å². The summed E-state index contributed by atoms with van der Waals surface area (Å²) in [6, 6.07) is 9.38. The second kappa shape index (κ2) is 5.77. The molecule has 0 radical (unpaired) electrons. The minimum absolute atomic E-state index is 0.197. The van der Waals surface area contributed by atoms with Crippen LogP contribution in [0.1, 0.15) is 12.7 Å². The first-order valence-corrected chi connectivity index (χ1v) is 7.64. The maximum Gasteiger partial charge on any atom is 0.240 e. The number of sulfonamides is 1. The number of rotatable bonds is 5. The summed E-state index contributed by atoms with van der Waals surface area (Å²) in [6.45, 7) is 1.79. The van der Waals surface area contributed by atoms with Crippen molar-refractivity contribution in [1.29, 1.82) is 0 Å². The van der Waals surface area contributed by atoms with E-state index in [0.29, 0.717) is 11.4 Å². The highest BCUT2D eigenvalue weighted by Crippen LogP contribution is 2.15. The van der Waals surface area contributed by atoms with Crippen LogP contribution in [-0.4, -0.2) is 14.5 Å². The van der Waals surface area contributed by atoms with Gasteiger partial charge in [-0.15, -0.1) is 0 Å². The molecule has 0 fully saturated rings. The van der Waals surface area contributed by atoms with Gasteiger partial charge in [-0.1, -0.05) is 11.6 Å². The summed E-state index contributed by atoms with van der Waals surface area (Å²) in [5.41, 5.74) is 0. The van der Waals surface area contributed by atoms with Crippen molar-refractivity contribution in [3.8, 4) is 0 Å². The third-order valence-electron chi connectivity index (χ3n) is 2.57. The monoisotopic (exact) mass is 299 g/mol. The van der Waals surface area contributed by atoms with Crippen LogP contribution in [0.5, 0.6) is 0 Å². The third-order valence-corrected chi connectivity index (χ3v) is 4.43. The van der Waals surface area contributed by atoms with E-state index in [0.717, 1.165) is 5.76 Å². The maximum atomic E-state index is 12.1. The average Bonchev–Trinajstić information content (AvgIpc) is 2.81. The first-order valence-electron chi connectivity index (χ1n) is 5.77. The summed E-state index contributed by atoms with van der Waals surface area (Å²) in [5, 5.41) is 0.502. The summed E-state index contributed by atoms with van der Waals surface area (Å²) in [5.74, 6) is 0.742. The van der Waals surface area contributed by atoms with Crippen LogP contribution < -0.4 is 4.72 Å². The van der Waals surface area contributed by atoms with Crippen LogP contribution in [0.2, 0.25) is 5.02 Å². The molecule has 0 saturated heterocycles. The standard InChI is InChI=1S/C13H14ClNO3S/c1-10(9-12-3-2-8-18-12)15-19(16,17)13-6-4-11(14)5-7-13/h2-8,10,15H,9H2,1H3. The number of nitrogens with one attached hydrogen (secondary N) is 1. The highest BCUT2D eigenvalue weighted by Gasteiger charge is 2.17. The van der Waals surface area contributed by atoms with Crippen molar-refractivity contribution in [2.24, 2.45) is 0 Å². The third kappa shape index (κ3) is 3.83. The van der Waals surface area contributed by atoms with Gasteiger partial charge in [0, 0.05) is 17.5 Å². The average molecular weight is 300 g/mol. The highest BCUT2D eigenvalue weighted by molar-refractivity contribution is 7.89. The van der Waals surface area contributed by atoms with Crippen LogP contribution in [0.15, 0.2) is 52.0 Å². The Morgan fingerprint density at radius 1 is 1.26 bits per heavy atom. The van der Waals surface area contributed by atoms with E-state index >= 15 is 0 Å². The molecule has 0 amide bonds. The summed E-state index contributed by atoms with van der Waals surface area (Å²) in [4.78, 5) is 0.197. The molecule has 19 heavy (non-hydrogen) atoms. The molecule has 102 valence electrons. The molecule has 6 heteroatoms. The molecule has 0 aliphatic rings. The first-order chi connectivity index (χ1) is 8.97. The van der Waals surface area contributed by atoms with E-state index in [-0.39, 0.29) is 10.9 Å². The van der Waals surface area contributed by atoms with Gasteiger partial charge in [-0.2, -0.15) is 0 Å². The first kappa shape index (κ1) is 14.1. The van der Waals surface area contributed by atoms with Crippen molar-refractivity contribution in [3.05, 3.63) is 53.4 Å². The number of hydrogen-bond donors (Lipinski definition) is 1. The molecule has 1 unspecified atom stereocenters. The minimum Gasteiger partial charge on any atom is -0.469 e. The summed E-state index contributed by atoms with van der Waals surface area (Å²) in [6.07, 6.45) is 2.07. The largest absolute Gasteiger partial charge is 0.469 e. The number of benzene rings is 1. The van der Waals surface area contributed by atoms with Gasteiger partial charge in [0.05, 0.1) is 11.2 Å². The Morgan fingerprint density at radius 2 is 1.95 bits per heavy atom. The molecule has 0 saturated carbocycles. The van der Waals surface area contributed by atoms with E-state index in [2.05, 4.69) is 4.72 Å². The van der Waals surface area contributed by atoms with E-state index in [1.807, 2.05) is 6.07 Å². The minimum atomic E-state index is -3.53. The molecule has 1 aromatic heterocycles.